The van der Waals surface area contributed by atoms with Crippen molar-refractivity contribution in [2.24, 2.45) is 0 Å². The van der Waals surface area contributed by atoms with Crippen LogP contribution in [-0.4, -0.2) is 79.8 Å². The van der Waals surface area contributed by atoms with Gasteiger partial charge in [0.15, 0.2) is 5.82 Å². The van der Waals surface area contributed by atoms with E-state index in [0.29, 0.717) is 70.9 Å². The molecule has 3 aromatic carbocycles. The molecular formula is C41H40Cl2N8O3. The van der Waals surface area contributed by atoms with Crippen molar-refractivity contribution < 1.29 is 14.7 Å². The third-order valence-corrected chi connectivity index (χ3v) is 10.9. The Bertz CT molecular complexity index is 2300. The summed E-state index contributed by atoms with van der Waals surface area (Å²) in [6.07, 6.45) is 5.13. The highest BCUT2D eigenvalue weighted by atomic mass is 35.5. The van der Waals surface area contributed by atoms with Gasteiger partial charge in [0.25, 0.3) is 5.91 Å². The Balaban J connectivity index is 1.13. The number of fused-ring (bicyclic) bond motifs is 1. The number of carbonyl (C=O) groups is 2. The number of aliphatic hydroxyl groups excluding tert-OH is 1. The molecule has 5 heterocycles. The molecule has 2 aliphatic heterocycles. The van der Waals surface area contributed by atoms with E-state index in [9.17, 15) is 14.7 Å². The van der Waals surface area contributed by atoms with E-state index in [1.807, 2.05) is 85.2 Å². The lowest BCUT2D eigenvalue weighted by atomic mass is 9.99. The summed E-state index contributed by atoms with van der Waals surface area (Å²) in [6, 6.07) is 26.7. The number of likely N-dealkylation sites (tertiary alicyclic amines) is 1. The Labute approximate surface area is 322 Å². The summed E-state index contributed by atoms with van der Waals surface area (Å²) >= 11 is 12.8. The molecule has 0 aliphatic carbocycles. The minimum absolute atomic E-state index is 0.00732. The predicted molar refractivity (Wildman–Crippen MR) is 213 cm³/mol. The molecule has 0 spiro atoms. The number of aliphatic hydroxyl groups is 1. The predicted octanol–water partition coefficient (Wildman–Crippen LogP) is 8.01. The molecule has 2 saturated heterocycles. The molecule has 0 radical (unpaired) electrons. The molecule has 0 saturated carbocycles. The summed E-state index contributed by atoms with van der Waals surface area (Å²) in [5.74, 6) is 0.317. The van der Waals surface area contributed by atoms with E-state index in [2.05, 4.69) is 32.0 Å². The van der Waals surface area contributed by atoms with Crippen LogP contribution in [0.1, 0.15) is 48.3 Å². The normalized spacial score (nSPS) is 16.9. The molecule has 2 fully saturated rings. The number of anilines is 2. The first-order chi connectivity index (χ1) is 26.2. The molecule has 2 aliphatic rings. The Morgan fingerprint density at radius 1 is 0.907 bits per heavy atom. The van der Waals surface area contributed by atoms with Gasteiger partial charge in [0.1, 0.15) is 5.69 Å². The first-order valence-corrected chi connectivity index (χ1v) is 18.9. The zero-order valence-corrected chi connectivity index (χ0v) is 31.2. The number of pyridine rings is 1. The van der Waals surface area contributed by atoms with Gasteiger partial charge in [-0.3, -0.25) is 4.79 Å². The Kier molecular flexibility index (Phi) is 10.0. The molecule has 54 heavy (non-hydrogen) atoms. The van der Waals surface area contributed by atoms with Crippen molar-refractivity contribution >= 4 is 57.5 Å². The van der Waals surface area contributed by atoms with E-state index < -0.39 is 6.10 Å². The van der Waals surface area contributed by atoms with E-state index in [0.717, 1.165) is 40.7 Å². The quantitative estimate of drug-likeness (QED) is 0.124. The van der Waals surface area contributed by atoms with Crippen LogP contribution in [0, 0.1) is 0 Å². The van der Waals surface area contributed by atoms with Crippen LogP contribution in [0.25, 0.3) is 33.4 Å². The van der Waals surface area contributed by atoms with Crippen molar-refractivity contribution in [3.05, 3.63) is 119 Å². The molecule has 3 aromatic heterocycles. The molecule has 2 unspecified atom stereocenters. The third-order valence-electron chi connectivity index (χ3n) is 10.4. The number of aromatic amines is 1. The highest BCUT2D eigenvalue weighted by Crippen LogP contribution is 2.42. The SMILES string of the molecule is CC(c1ccc(Cl)cc1)n1cnc(-c2ccccc2)c1-c1c(C(=O)Nc2cccnc2N2CCC(NC(=O)N3CCC(O)C3)CC2)[nH]c2cc(Cl)ccc12. The summed E-state index contributed by atoms with van der Waals surface area (Å²) < 4.78 is 2.10. The highest BCUT2D eigenvalue weighted by Gasteiger charge is 2.31. The summed E-state index contributed by atoms with van der Waals surface area (Å²) in [4.78, 5) is 44.3. The van der Waals surface area contributed by atoms with Crippen molar-refractivity contribution in [1.29, 1.82) is 0 Å². The topological polar surface area (TPSA) is 131 Å². The van der Waals surface area contributed by atoms with Gasteiger partial charge >= 0.3 is 6.03 Å². The molecular weight excluding hydrogens is 723 g/mol. The van der Waals surface area contributed by atoms with Crippen LogP contribution in [0.4, 0.5) is 16.3 Å². The van der Waals surface area contributed by atoms with Crippen LogP contribution in [0.15, 0.2) is 97.5 Å². The lowest BCUT2D eigenvalue weighted by Gasteiger charge is -2.34. The summed E-state index contributed by atoms with van der Waals surface area (Å²) in [5.41, 5.74) is 5.81. The van der Waals surface area contributed by atoms with Crippen LogP contribution >= 0.6 is 23.2 Å². The van der Waals surface area contributed by atoms with Crippen molar-refractivity contribution in [1.82, 2.24) is 29.7 Å². The fourth-order valence-electron chi connectivity index (χ4n) is 7.56. The zero-order valence-electron chi connectivity index (χ0n) is 29.7. The maximum Gasteiger partial charge on any atom is 0.317 e. The van der Waals surface area contributed by atoms with Gasteiger partial charge in [0.2, 0.25) is 0 Å². The smallest absolute Gasteiger partial charge is 0.317 e. The maximum absolute atomic E-state index is 14.6. The van der Waals surface area contributed by atoms with E-state index >= 15 is 0 Å². The standard InChI is InChI=1S/C41H40Cl2N8O3/c1-25(26-9-11-28(42)12-10-26)51-24-45-36(27-6-3-2-4-7-27)38(51)35-32-14-13-29(43)22-34(32)47-37(35)40(53)48-33-8-5-18-44-39(33)49-19-15-30(16-20-49)46-41(54)50-21-17-31(52)23-50/h2-14,18,22,24-25,30-31,47,52H,15-17,19-21,23H2,1H3,(H,46,54)(H,48,53). The Morgan fingerprint density at radius 2 is 1.67 bits per heavy atom. The maximum atomic E-state index is 14.6. The first kappa shape index (κ1) is 35.7. The van der Waals surface area contributed by atoms with Gasteiger partial charge in [-0.05, 0) is 68.1 Å². The van der Waals surface area contributed by atoms with E-state index in [1.54, 1.807) is 17.2 Å². The number of rotatable bonds is 8. The third kappa shape index (κ3) is 7.14. The number of amides is 3. The second-order valence-electron chi connectivity index (χ2n) is 13.9. The van der Waals surface area contributed by atoms with E-state index in [-0.39, 0.29) is 24.0 Å². The fourth-order valence-corrected chi connectivity index (χ4v) is 7.85. The van der Waals surface area contributed by atoms with Gasteiger partial charge in [0, 0.05) is 70.5 Å². The number of piperidine rings is 1. The number of nitrogens with one attached hydrogen (secondary N) is 3. The number of hydrogen-bond acceptors (Lipinski definition) is 6. The zero-order chi connectivity index (χ0) is 37.3. The molecule has 276 valence electrons. The molecule has 6 aromatic rings. The fraction of sp³-hybridized carbons (Fsp3) is 0.268. The van der Waals surface area contributed by atoms with Gasteiger partial charge in [-0.25, -0.2) is 14.8 Å². The van der Waals surface area contributed by atoms with Crippen LogP contribution in [0.5, 0.6) is 0 Å². The molecule has 11 nitrogen and oxygen atoms in total. The number of aromatic nitrogens is 4. The number of urea groups is 1. The first-order valence-electron chi connectivity index (χ1n) is 18.2. The van der Waals surface area contributed by atoms with Crippen molar-refractivity contribution in [2.45, 2.75) is 44.4 Å². The van der Waals surface area contributed by atoms with Gasteiger partial charge in [-0.2, -0.15) is 0 Å². The van der Waals surface area contributed by atoms with Crippen LogP contribution < -0.4 is 15.5 Å². The number of β-amino-alcohol motifs (C(OH)–C–C–N with tert-alkyl or cyclic N) is 1. The molecule has 8 rings (SSSR count). The number of nitrogens with zero attached hydrogens (tertiary/aromatic N) is 5. The van der Waals surface area contributed by atoms with Gasteiger partial charge in [0.05, 0.1) is 35.5 Å². The largest absolute Gasteiger partial charge is 0.391 e. The molecule has 2 atom stereocenters. The van der Waals surface area contributed by atoms with E-state index in [1.165, 1.54) is 0 Å². The van der Waals surface area contributed by atoms with Crippen LogP contribution in [-0.2, 0) is 0 Å². The molecule has 0 bridgehead atoms. The Hall–Kier alpha value is -5.36. The summed E-state index contributed by atoms with van der Waals surface area (Å²) in [6.45, 7) is 4.31. The van der Waals surface area contributed by atoms with Gasteiger partial charge in [-0.15, -0.1) is 0 Å². The van der Waals surface area contributed by atoms with Crippen LogP contribution in [0.2, 0.25) is 10.0 Å². The monoisotopic (exact) mass is 762 g/mol. The van der Waals surface area contributed by atoms with Gasteiger partial charge < -0.3 is 35.1 Å². The van der Waals surface area contributed by atoms with Crippen molar-refractivity contribution in [3.63, 3.8) is 0 Å². The summed E-state index contributed by atoms with van der Waals surface area (Å²) in [5, 5.41) is 18.2. The minimum atomic E-state index is -0.459. The minimum Gasteiger partial charge on any atom is -0.391 e. The average Bonchev–Trinajstić information content (AvgIpc) is 3.92. The van der Waals surface area contributed by atoms with E-state index in [4.69, 9.17) is 33.2 Å². The summed E-state index contributed by atoms with van der Waals surface area (Å²) in [7, 11) is 0. The van der Waals surface area contributed by atoms with Crippen molar-refractivity contribution in [3.8, 4) is 22.5 Å². The average molecular weight is 764 g/mol. The number of imidazole rings is 1. The molecule has 13 heteroatoms. The molecule has 3 amide bonds. The van der Waals surface area contributed by atoms with Gasteiger partial charge in [-0.1, -0.05) is 71.7 Å². The van der Waals surface area contributed by atoms with Crippen LogP contribution in [0.3, 0.4) is 0 Å². The Morgan fingerprint density at radius 3 is 2.41 bits per heavy atom. The number of hydrogen-bond donors (Lipinski definition) is 4. The number of benzene rings is 3. The number of H-pyrrole nitrogens is 1. The second-order valence-corrected chi connectivity index (χ2v) is 14.8. The van der Waals surface area contributed by atoms with Crippen molar-refractivity contribution in [2.75, 3.05) is 36.4 Å². The lowest BCUT2D eigenvalue weighted by Crippen LogP contribution is -2.49. The lowest BCUT2D eigenvalue weighted by molar-refractivity contribution is 0.102. The number of halogens is 2. The second kappa shape index (κ2) is 15.2. The number of carbonyl (C=O) groups excluding carboxylic acids is 2. The highest BCUT2D eigenvalue weighted by molar-refractivity contribution is 6.31. The molecule has 4 N–H and O–H groups in total.